The number of ether oxygens (including phenoxy) is 1. The van der Waals surface area contributed by atoms with Crippen LogP contribution in [0.3, 0.4) is 0 Å². The van der Waals surface area contributed by atoms with Crippen molar-refractivity contribution < 1.29 is 9.53 Å². The second-order valence-corrected chi connectivity index (χ2v) is 7.12. The fraction of sp³-hybridized carbons (Fsp3) is 0. The highest BCUT2D eigenvalue weighted by Crippen LogP contribution is 2.27. The lowest BCUT2D eigenvalue weighted by atomic mass is 10.2. The molecule has 0 bridgehead atoms. The molecule has 116 valence electrons. The smallest absolute Gasteiger partial charge is 0.363 e. The normalized spacial score (nSPS) is 15.7. The van der Waals surface area contributed by atoms with E-state index in [0.29, 0.717) is 26.2 Å². The van der Waals surface area contributed by atoms with E-state index in [1.807, 2.05) is 6.07 Å². The first-order valence-corrected chi connectivity index (χ1v) is 8.58. The van der Waals surface area contributed by atoms with Crippen LogP contribution in [-0.2, 0) is 9.53 Å². The number of aliphatic imine (C=N–C) groups is 1. The van der Waals surface area contributed by atoms with Crippen LogP contribution in [0, 0.1) is 3.57 Å². The second-order valence-electron chi connectivity index (χ2n) is 4.63. The van der Waals surface area contributed by atoms with Crippen molar-refractivity contribution in [3.63, 3.8) is 0 Å². The molecule has 1 aliphatic rings. The molecular weight excluding hydrogens is 471 g/mol. The van der Waals surface area contributed by atoms with Crippen molar-refractivity contribution in [2.24, 2.45) is 4.99 Å². The van der Waals surface area contributed by atoms with E-state index in [1.165, 1.54) is 0 Å². The van der Waals surface area contributed by atoms with Crippen molar-refractivity contribution in [1.82, 2.24) is 0 Å². The van der Waals surface area contributed by atoms with Crippen molar-refractivity contribution >= 4 is 75.3 Å². The van der Waals surface area contributed by atoms with Crippen molar-refractivity contribution in [2.75, 3.05) is 0 Å². The Hall–Kier alpha value is -1.08. The number of halogens is 4. The number of cyclic esters (lactones) is 1. The lowest BCUT2D eigenvalue weighted by molar-refractivity contribution is -0.129. The number of benzene rings is 2. The standard InChI is InChI=1S/C16H7Cl3INO2/c17-9-2-1-8(13(19)6-9)5-14-16(22)23-15(21-14)11-7-10(20)3-4-12(11)18/h1-7H/b14-5+. The summed E-state index contributed by atoms with van der Waals surface area (Å²) in [6, 6.07) is 10.4. The minimum atomic E-state index is -0.555. The number of carbonyl (C=O) groups is 1. The van der Waals surface area contributed by atoms with Crippen LogP contribution < -0.4 is 0 Å². The van der Waals surface area contributed by atoms with E-state index in [2.05, 4.69) is 27.6 Å². The van der Waals surface area contributed by atoms with E-state index in [0.717, 1.165) is 3.57 Å². The van der Waals surface area contributed by atoms with Gasteiger partial charge >= 0.3 is 5.97 Å². The quantitative estimate of drug-likeness (QED) is 0.320. The Morgan fingerprint density at radius 2 is 1.83 bits per heavy atom. The topological polar surface area (TPSA) is 38.7 Å². The lowest BCUT2D eigenvalue weighted by Crippen LogP contribution is -2.06. The van der Waals surface area contributed by atoms with E-state index in [-0.39, 0.29) is 11.6 Å². The number of rotatable bonds is 2. The summed E-state index contributed by atoms with van der Waals surface area (Å²) < 4.78 is 6.17. The van der Waals surface area contributed by atoms with Gasteiger partial charge in [0.2, 0.25) is 5.90 Å². The van der Waals surface area contributed by atoms with Gasteiger partial charge in [0.1, 0.15) is 0 Å². The molecule has 0 fully saturated rings. The fourth-order valence-corrected chi connectivity index (χ4v) is 3.10. The number of hydrogen-bond acceptors (Lipinski definition) is 3. The summed E-state index contributed by atoms with van der Waals surface area (Å²) in [6.45, 7) is 0. The van der Waals surface area contributed by atoms with Crippen LogP contribution in [0.25, 0.3) is 6.08 Å². The molecule has 7 heteroatoms. The van der Waals surface area contributed by atoms with Crippen LogP contribution in [0.15, 0.2) is 47.1 Å². The molecule has 0 spiro atoms. The Morgan fingerprint density at radius 3 is 2.57 bits per heavy atom. The third-order valence-electron chi connectivity index (χ3n) is 3.03. The zero-order valence-corrected chi connectivity index (χ0v) is 15.7. The maximum atomic E-state index is 12.0. The van der Waals surface area contributed by atoms with E-state index in [1.54, 1.807) is 36.4 Å². The highest BCUT2D eigenvalue weighted by atomic mass is 127. The number of esters is 1. The first-order chi connectivity index (χ1) is 10.9. The maximum absolute atomic E-state index is 12.0. The molecule has 1 aliphatic heterocycles. The van der Waals surface area contributed by atoms with Crippen LogP contribution in [0.2, 0.25) is 15.1 Å². The monoisotopic (exact) mass is 477 g/mol. The van der Waals surface area contributed by atoms with Crippen molar-refractivity contribution in [2.45, 2.75) is 0 Å². The molecule has 2 aromatic rings. The van der Waals surface area contributed by atoms with Crippen molar-refractivity contribution in [1.29, 1.82) is 0 Å². The van der Waals surface area contributed by atoms with Gasteiger partial charge in [0.15, 0.2) is 5.70 Å². The van der Waals surface area contributed by atoms with E-state index < -0.39 is 5.97 Å². The minimum absolute atomic E-state index is 0.152. The predicted molar refractivity (Wildman–Crippen MR) is 101 cm³/mol. The van der Waals surface area contributed by atoms with Gasteiger partial charge < -0.3 is 4.74 Å². The molecule has 3 nitrogen and oxygen atoms in total. The maximum Gasteiger partial charge on any atom is 0.363 e. The van der Waals surface area contributed by atoms with Gasteiger partial charge in [0.05, 0.1) is 10.6 Å². The molecule has 0 radical (unpaired) electrons. The highest BCUT2D eigenvalue weighted by Gasteiger charge is 2.26. The molecule has 23 heavy (non-hydrogen) atoms. The predicted octanol–water partition coefficient (Wildman–Crippen LogP) is 5.60. The molecule has 0 atom stereocenters. The summed E-state index contributed by atoms with van der Waals surface area (Å²) >= 11 is 20.3. The van der Waals surface area contributed by atoms with E-state index in [9.17, 15) is 4.79 Å². The minimum Gasteiger partial charge on any atom is -0.402 e. The number of hydrogen-bond donors (Lipinski definition) is 0. The first kappa shape index (κ1) is 16.8. The number of carbonyl (C=O) groups excluding carboxylic acids is 1. The van der Waals surface area contributed by atoms with Gasteiger partial charge in [0, 0.05) is 13.6 Å². The molecule has 1 heterocycles. The zero-order chi connectivity index (χ0) is 16.6. The summed E-state index contributed by atoms with van der Waals surface area (Å²) in [7, 11) is 0. The van der Waals surface area contributed by atoms with Gasteiger partial charge in [-0.05, 0) is 64.6 Å². The highest BCUT2D eigenvalue weighted by molar-refractivity contribution is 14.1. The van der Waals surface area contributed by atoms with Gasteiger partial charge in [-0.3, -0.25) is 0 Å². The Balaban J connectivity index is 2.01. The molecule has 0 N–H and O–H groups in total. The Labute approximate surface area is 161 Å². The summed E-state index contributed by atoms with van der Waals surface area (Å²) in [4.78, 5) is 16.2. The van der Waals surface area contributed by atoms with Crippen LogP contribution in [0.5, 0.6) is 0 Å². The molecule has 2 aromatic carbocycles. The van der Waals surface area contributed by atoms with Gasteiger partial charge in [-0.15, -0.1) is 0 Å². The van der Waals surface area contributed by atoms with Gasteiger partial charge in [-0.1, -0.05) is 40.9 Å². The largest absolute Gasteiger partial charge is 0.402 e. The van der Waals surface area contributed by atoms with E-state index >= 15 is 0 Å². The van der Waals surface area contributed by atoms with E-state index in [4.69, 9.17) is 39.5 Å². The SMILES string of the molecule is O=C1OC(c2cc(I)ccc2Cl)=N/C1=C/c1ccc(Cl)cc1Cl. The third-order valence-corrected chi connectivity index (χ3v) is 4.60. The van der Waals surface area contributed by atoms with Crippen molar-refractivity contribution in [3.05, 3.63) is 71.9 Å². The summed E-state index contributed by atoms with van der Waals surface area (Å²) in [5.41, 5.74) is 1.35. The zero-order valence-electron chi connectivity index (χ0n) is 11.3. The van der Waals surface area contributed by atoms with Crippen LogP contribution in [-0.4, -0.2) is 11.9 Å². The average molecular weight is 479 g/mol. The lowest BCUT2D eigenvalue weighted by Gasteiger charge is -2.02. The van der Waals surface area contributed by atoms with Crippen LogP contribution in [0.4, 0.5) is 0 Å². The van der Waals surface area contributed by atoms with Crippen LogP contribution in [0.1, 0.15) is 11.1 Å². The summed E-state index contributed by atoms with van der Waals surface area (Å²) in [5, 5.41) is 1.40. The molecule has 0 unspecified atom stereocenters. The molecule has 0 aromatic heterocycles. The second kappa shape index (κ2) is 6.81. The Morgan fingerprint density at radius 1 is 1.04 bits per heavy atom. The first-order valence-electron chi connectivity index (χ1n) is 6.37. The van der Waals surface area contributed by atoms with Gasteiger partial charge in [-0.25, -0.2) is 9.79 Å². The molecular formula is C16H7Cl3INO2. The van der Waals surface area contributed by atoms with Crippen LogP contribution >= 0.6 is 57.4 Å². The average Bonchev–Trinajstić information content (AvgIpc) is 2.85. The fourth-order valence-electron chi connectivity index (χ4n) is 1.95. The molecule has 0 saturated carbocycles. The van der Waals surface area contributed by atoms with Gasteiger partial charge in [0.25, 0.3) is 0 Å². The summed E-state index contributed by atoms with van der Waals surface area (Å²) in [5.74, 6) is -0.379. The third kappa shape index (κ3) is 3.71. The number of nitrogens with zero attached hydrogens (tertiary/aromatic N) is 1. The molecule has 0 aliphatic carbocycles. The van der Waals surface area contributed by atoms with Crippen molar-refractivity contribution in [3.8, 4) is 0 Å². The van der Waals surface area contributed by atoms with Gasteiger partial charge in [-0.2, -0.15) is 0 Å². The molecule has 0 saturated heterocycles. The molecule has 3 rings (SSSR count). The Kier molecular flexibility index (Phi) is 4.96. The Bertz CT molecular complexity index is 878. The summed E-state index contributed by atoms with van der Waals surface area (Å²) in [6.07, 6.45) is 1.55. The molecule has 0 amide bonds.